The van der Waals surface area contributed by atoms with Crippen LogP contribution in [0.5, 0.6) is 0 Å². The molecule has 144 valence electrons. The monoisotopic (exact) mass is 422 g/mol. The van der Waals surface area contributed by atoms with Gasteiger partial charge in [0.2, 0.25) is 0 Å². The van der Waals surface area contributed by atoms with Crippen LogP contribution in [0.25, 0.3) is 12.2 Å². The SMILES string of the molecule is O=C(C=c1[nH]c(=O)c(=Cc2cnn(Cc3ccccc3Cl)c2)s1)c1ccncc1. The van der Waals surface area contributed by atoms with Gasteiger partial charge in [0.1, 0.15) is 0 Å². The number of ketones is 1. The van der Waals surface area contributed by atoms with E-state index in [1.54, 1.807) is 41.5 Å². The van der Waals surface area contributed by atoms with Crippen molar-refractivity contribution < 1.29 is 4.79 Å². The molecule has 0 saturated carbocycles. The van der Waals surface area contributed by atoms with Gasteiger partial charge in [0.15, 0.2) is 5.78 Å². The molecule has 29 heavy (non-hydrogen) atoms. The van der Waals surface area contributed by atoms with E-state index in [4.69, 9.17) is 11.6 Å². The molecule has 3 aromatic heterocycles. The number of H-pyrrole nitrogens is 1. The number of rotatable bonds is 5. The zero-order valence-corrected chi connectivity index (χ0v) is 16.7. The Bertz CT molecular complexity index is 1340. The first-order valence-electron chi connectivity index (χ1n) is 8.71. The van der Waals surface area contributed by atoms with Gasteiger partial charge >= 0.3 is 0 Å². The van der Waals surface area contributed by atoms with E-state index in [1.807, 2.05) is 30.5 Å². The topological polar surface area (TPSA) is 80.6 Å². The molecular weight excluding hydrogens is 408 g/mol. The molecule has 1 N–H and O–H groups in total. The molecule has 0 atom stereocenters. The standard InChI is InChI=1S/C21H15ClN4O2S/c22-17-4-2-1-3-16(17)13-26-12-14(11-24-26)9-19-21(28)25-20(29-19)10-18(27)15-5-7-23-8-6-15/h1-12H,13H2,(H,25,28). The number of pyridine rings is 1. The smallest absolute Gasteiger partial charge is 0.266 e. The number of nitrogens with zero attached hydrogens (tertiary/aromatic N) is 3. The summed E-state index contributed by atoms with van der Waals surface area (Å²) in [7, 11) is 0. The van der Waals surface area contributed by atoms with Gasteiger partial charge in [0, 0.05) is 40.8 Å². The Kier molecular flexibility index (Phi) is 5.50. The van der Waals surface area contributed by atoms with Crippen LogP contribution in [0.4, 0.5) is 0 Å². The predicted octanol–water partition coefficient (Wildman–Crippen LogP) is 2.22. The summed E-state index contributed by atoms with van der Waals surface area (Å²) in [6.07, 6.45) is 9.79. The van der Waals surface area contributed by atoms with Crippen molar-refractivity contribution >= 4 is 40.9 Å². The Hall–Kier alpha value is -3.29. The lowest BCUT2D eigenvalue weighted by Gasteiger charge is -2.03. The highest BCUT2D eigenvalue weighted by molar-refractivity contribution is 7.07. The molecule has 0 fully saturated rings. The predicted molar refractivity (Wildman–Crippen MR) is 114 cm³/mol. The number of aromatic amines is 1. The molecule has 0 radical (unpaired) electrons. The maximum Gasteiger partial charge on any atom is 0.266 e. The van der Waals surface area contributed by atoms with E-state index in [2.05, 4.69) is 15.1 Å². The van der Waals surface area contributed by atoms with Crippen LogP contribution in [0.1, 0.15) is 21.5 Å². The molecule has 6 nitrogen and oxygen atoms in total. The summed E-state index contributed by atoms with van der Waals surface area (Å²) in [5.74, 6) is -0.191. The van der Waals surface area contributed by atoms with E-state index in [1.165, 1.54) is 17.4 Å². The van der Waals surface area contributed by atoms with Crippen LogP contribution in [0.2, 0.25) is 5.02 Å². The lowest BCUT2D eigenvalue weighted by molar-refractivity contribution is 0.106. The number of thiazole rings is 1. The van der Waals surface area contributed by atoms with E-state index in [9.17, 15) is 9.59 Å². The van der Waals surface area contributed by atoms with Gasteiger partial charge in [-0.2, -0.15) is 5.10 Å². The van der Waals surface area contributed by atoms with Gasteiger partial charge in [0.05, 0.1) is 21.9 Å². The fourth-order valence-corrected chi connectivity index (χ4v) is 3.82. The van der Waals surface area contributed by atoms with E-state index < -0.39 is 0 Å². The average Bonchev–Trinajstić information content (AvgIpc) is 3.30. The summed E-state index contributed by atoms with van der Waals surface area (Å²) >= 11 is 7.41. The van der Waals surface area contributed by atoms with E-state index >= 15 is 0 Å². The highest BCUT2D eigenvalue weighted by Gasteiger charge is 2.04. The van der Waals surface area contributed by atoms with Gasteiger partial charge in [-0.3, -0.25) is 19.3 Å². The molecule has 0 saturated heterocycles. The van der Waals surface area contributed by atoms with Crippen molar-refractivity contribution in [3.05, 3.63) is 102 Å². The molecule has 0 amide bonds. The molecule has 4 aromatic rings. The number of carbonyl (C=O) groups excluding carboxylic acids is 1. The van der Waals surface area contributed by atoms with Crippen LogP contribution in [-0.2, 0) is 6.54 Å². The number of halogens is 1. The first-order chi connectivity index (χ1) is 14.1. The Morgan fingerprint density at radius 1 is 1.21 bits per heavy atom. The number of benzene rings is 1. The highest BCUT2D eigenvalue weighted by atomic mass is 35.5. The van der Waals surface area contributed by atoms with Crippen molar-refractivity contribution in [3.63, 3.8) is 0 Å². The minimum absolute atomic E-state index is 0.191. The van der Waals surface area contributed by atoms with Crippen molar-refractivity contribution in [1.82, 2.24) is 19.7 Å². The van der Waals surface area contributed by atoms with Crippen LogP contribution >= 0.6 is 22.9 Å². The second-order valence-electron chi connectivity index (χ2n) is 6.24. The molecule has 4 rings (SSSR count). The van der Waals surface area contributed by atoms with E-state index in [-0.39, 0.29) is 11.3 Å². The molecule has 0 aliphatic rings. The third-order valence-corrected chi connectivity index (χ3v) is 5.48. The van der Waals surface area contributed by atoms with Gasteiger partial charge in [0.25, 0.3) is 5.56 Å². The van der Waals surface area contributed by atoms with E-state index in [0.717, 1.165) is 11.1 Å². The molecule has 0 bridgehead atoms. The summed E-state index contributed by atoms with van der Waals surface area (Å²) < 4.78 is 2.75. The van der Waals surface area contributed by atoms with Crippen molar-refractivity contribution in [2.45, 2.75) is 6.54 Å². The number of nitrogens with one attached hydrogen (secondary N) is 1. The molecule has 8 heteroatoms. The third-order valence-electron chi connectivity index (χ3n) is 4.15. The maximum absolute atomic E-state index is 12.3. The van der Waals surface area contributed by atoms with Crippen molar-refractivity contribution in [3.8, 4) is 0 Å². The van der Waals surface area contributed by atoms with Crippen LogP contribution in [-0.4, -0.2) is 25.5 Å². The van der Waals surface area contributed by atoms with Crippen molar-refractivity contribution in [2.24, 2.45) is 0 Å². The average molecular weight is 423 g/mol. The number of aromatic nitrogens is 4. The number of Topliss-reactive ketones (excluding diaryl/α,β-unsaturated/α-hetero) is 1. The summed E-state index contributed by atoms with van der Waals surface area (Å²) in [5.41, 5.74) is 2.02. The third kappa shape index (κ3) is 4.59. The number of carbonyl (C=O) groups is 1. The minimum atomic E-state index is -0.248. The molecule has 1 aromatic carbocycles. The van der Waals surface area contributed by atoms with E-state index in [0.29, 0.717) is 26.3 Å². The lowest BCUT2D eigenvalue weighted by Crippen LogP contribution is -2.19. The zero-order chi connectivity index (χ0) is 20.2. The molecular formula is C21H15ClN4O2S. The summed E-state index contributed by atoms with van der Waals surface area (Å²) in [5, 5.41) is 5.01. The fraction of sp³-hybridized carbons (Fsp3) is 0.0476. The van der Waals surface area contributed by atoms with Gasteiger partial charge in [-0.05, 0) is 29.8 Å². The number of hydrogen-bond donors (Lipinski definition) is 1. The molecule has 3 heterocycles. The lowest BCUT2D eigenvalue weighted by atomic mass is 10.2. The highest BCUT2D eigenvalue weighted by Crippen LogP contribution is 2.16. The summed E-state index contributed by atoms with van der Waals surface area (Å²) in [6, 6.07) is 10.8. The van der Waals surface area contributed by atoms with Gasteiger partial charge in [-0.25, -0.2) is 0 Å². The molecule has 0 aliphatic heterocycles. The first-order valence-corrected chi connectivity index (χ1v) is 9.91. The molecule has 0 aliphatic carbocycles. The zero-order valence-electron chi connectivity index (χ0n) is 15.1. The number of hydrogen-bond acceptors (Lipinski definition) is 5. The second-order valence-corrected chi connectivity index (χ2v) is 7.73. The van der Waals surface area contributed by atoms with Crippen LogP contribution in [0, 0.1) is 0 Å². The Morgan fingerprint density at radius 3 is 2.79 bits per heavy atom. The largest absolute Gasteiger partial charge is 0.313 e. The van der Waals surface area contributed by atoms with Crippen molar-refractivity contribution in [2.75, 3.05) is 0 Å². The molecule has 0 spiro atoms. The van der Waals surface area contributed by atoms with Crippen molar-refractivity contribution in [1.29, 1.82) is 0 Å². The van der Waals surface area contributed by atoms with Gasteiger partial charge in [-0.1, -0.05) is 29.8 Å². The molecule has 0 unspecified atom stereocenters. The quantitative estimate of drug-likeness (QED) is 0.500. The first kappa shape index (κ1) is 19.0. The Balaban J connectivity index is 1.59. The fourth-order valence-electron chi connectivity index (χ4n) is 2.74. The van der Waals surface area contributed by atoms with Crippen LogP contribution in [0.15, 0.2) is 66.0 Å². The summed E-state index contributed by atoms with van der Waals surface area (Å²) in [4.78, 5) is 31.1. The Labute approximate surface area is 174 Å². The Morgan fingerprint density at radius 2 is 2.00 bits per heavy atom. The summed E-state index contributed by atoms with van der Waals surface area (Å²) in [6.45, 7) is 0.535. The normalized spacial score (nSPS) is 12.4. The maximum atomic E-state index is 12.3. The second kappa shape index (κ2) is 8.38. The van der Waals surface area contributed by atoms with Gasteiger partial charge < -0.3 is 4.98 Å². The van der Waals surface area contributed by atoms with Gasteiger partial charge in [-0.15, -0.1) is 11.3 Å². The van der Waals surface area contributed by atoms with Crippen LogP contribution < -0.4 is 14.8 Å². The van der Waals surface area contributed by atoms with Crippen LogP contribution in [0.3, 0.4) is 0 Å². The minimum Gasteiger partial charge on any atom is -0.313 e.